The molecule has 0 aliphatic rings. The Morgan fingerprint density at radius 2 is 1.91 bits per heavy atom. The Labute approximate surface area is 135 Å². The molecule has 5 nitrogen and oxygen atoms in total. The summed E-state index contributed by atoms with van der Waals surface area (Å²) in [4.78, 5) is 27.7. The van der Waals surface area contributed by atoms with E-state index in [0.717, 1.165) is 5.56 Å². The molecule has 1 amide bonds. The smallest absolute Gasteiger partial charge is 0.240 e. The first-order valence-corrected chi connectivity index (χ1v) is 7.44. The van der Waals surface area contributed by atoms with Crippen molar-refractivity contribution in [3.05, 3.63) is 66.0 Å². The number of rotatable bonds is 7. The average molecular weight is 309 g/mol. The Hall–Kier alpha value is -2.82. The molecule has 1 heterocycles. The van der Waals surface area contributed by atoms with Crippen LogP contribution in [-0.2, 0) is 11.2 Å². The molecule has 2 rings (SSSR count). The number of carbonyl (C=O) groups excluding carboxylic acids is 2. The van der Waals surface area contributed by atoms with Crippen molar-refractivity contribution in [3.8, 4) is 0 Å². The monoisotopic (exact) mass is 309 g/mol. The lowest BCUT2D eigenvalue weighted by molar-refractivity contribution is -0.121. The van der Waals surface area contributed by atoms with Crippen molar-refractivity contribution in [1.29, 1.82) is 0 Å². The Kier molecular flexibility index (Phi) is 6.17. The van der Waals surface area contributed by atoms with Gasteiger partial charge in [0.25, 0.3) is 0 Å². The van der Waals surface area contributed by atoms with E-state index in [9.17, 15) is 9.59 Å². The summed E-state index contributed by atoms with van der Waals surface area (Å²) in [6.45, 7) is 1.71. The lowest BCUT2D eigenvalue weighted by Crippen LogP contribution is -2.20. The number of ketones is 1. The summed E-state index contributed by atoms with van der Waals surface area (Å²) >= 11 is 0. The number of amides is 1. The number of Topliss-reactive ketones (excluding diaryl/α,β-unsaturated/α-hetero) is 1. The second-order valence-corrected chi connectivity index (χ2v) is 5.21. The van der Waals surface area contributed by atoms with Crippen LogP contribution < -0.4 is 5.43 Å². The summed E-state index contributed by atoms with van der Waals surface area (Å²) in [7, 11) is 0. The first-order valence-electron chi connectivity index (χ1n) is 7.44. The van der Waals surface area contributed by atoms with Crippen LogP contribution in [-0.4, -0.2) is 22.4 Å². The molecule has 0 bridgehead atoms. The number of aryl methyl sites for hydroxylation is 1. The van der Waals surface area contributed by atoms with Crippen LogP contribution >= 0.6 is 0 Å². The minimum atomic E-state index is -0.165. The average Bonchev–Trinajstić information content (AvgIpc) is 2.60. The molecular formula is C18H19N3O2. The second-order valence-electron chi connectivity index (χ2n) is 5.21. The number of nitrogens with zero attached hydrogens (tertiary/aromatic N) is 2. The number of hydrogen-bond acceptors (Lipinski definition) is 4. The number of aromatic nitrogens is 1. The first-order chi connectivity index (χ1) is 11.1. The van der Waals surface area contributed by atoms with Gasteiger partial charge in [-0.15, -0.1) is 0 Å². The van der Waals surface area contributed by atoms with Gasteiger partial charge in [-0.3, -0.25) is 14.6 Å². The highest BCUT2D eigenvalue weighted by Crippen LogP contribution is 2.03. The van der Waals surface area contributed by atoms with Crippen LogP contribution in [0.4, 0.5) is 0 Å². The topological polar surface area (TPSA) is 71.4 Å². The number of hydrogen-bond donors (Lipinski definition) is 1. The minimum Gasteiger partial charge on any atom is -0.294 e. The van der Waals surface area contributed by atoms with Crippen molar-refractivity contribution in [2.45, 2.75) is 26.2 Å². The molecule has 0 spiro atoms. The van der Waals surface area contributed by atoms with Gasteiger partial charge in [-0.1, -0.05) is 30.3 Å². The van der Waals surface area contributed by atoms with E-state index in [2.05, 4.69) is 15.5 Å². The van der Waals surface area contributed by atoms with E-state index >= 15 is 0 Å². The van der Waals surface area contributed by atoms with E-state index in [1.54, 1.807) is 25.3 Å². The van der Waals surface area contributed by atoms with Gasteiger partial charge in [0.1, 0.15) is 0 Å². The molecule has 1 aromatic heterocycles. The van der Waals surface area contributed by atoms with E-state index in [-0.39, 0.29) is 18.1 Å². The first kappa shape index (κ1) is 16.5. The Balaban J connectivity index is 1.77. The SMILES string of the molecule is C/C(CC(=O)c1cccnc1)=N/NC(=O)CCc1ccccc1. The fourth-order valence-corrected chi connectivity index (χ4v) is 2.02. The second kappa shape index (κ2) is 8.58. The Bertz CT molecular complexity index is 682. The molecule has 0 aliphatic carbocycles. The molecule has 0 saturated heterocycles. The minimum absolute atomic E-state index is 0.0714. The van der Waals surface area contributed by atoms with Crippen LogP contribution in [0.3, 0.4) is 0 Å². The predicted octanol–water partition coefficient (Wildman–Crippen LogP) is 2.78. The van der Waals surface area contributed by atoms with Crippen LogP contribution in [0.25, 0.3) is 0 Å². The zero-order valence-corrected chi connectivity index (χ0v) is 13.0. The highest BCUT2D eigenvalue weighted by molar-refractivity contribution is 6.08. The van der Waals surface area contributed by atoms with Crippen LogP contribution in [0.1, 0.15) is 35.7 Å². The number of benzene rings is 1. The summed E-state index contributed by atoms with van der Waals surface area (Å²) in [6, 6.07) is 13.2. The highest BCUT2D eigenvalue weighted by atomic mass is 16.2. The number of carbonyl (C=O) groups is 2. The summed E-state index contributed by atoms with van der Waals surface area (Å²) in [5.74, 6) is -0.236. The highest BCUT2D eigenvalue weighted by Gasteiger charge is 2.08. The number of nitrogens with one attached hydrogen (secondary N) is 1. The molecule has 0 fully saturated rings. The molecule has 5 heteroatoms. The van der Waals surface area contributed by atoms with Gasteiger partial charge in [0.05, 0.1) is 6.42 Å². The Morgan fingerprint density at radius 1 is 1.13 bits per heavy atom. The molecule has 1 aromatic carbocycles. The van der Waals surface area contributed by atoms with Gasteiger partial charge in [-0.25, -0.2) is 5.43 Å². The summed E-state index contributed by atoms with van der Waals surface area (Å²) in [6.07, 6.45) is 4.32. The Morgan fingerprint density at radius 3 is 2.61 bits per heavy atom. The maximum atomic E-state index is 12.0. The van der Waals surface area contributed by atoms with Crippen molar-refractivity contribution >= 4 is 17.4 Å². The molecule has 1 N–H and O–H groups in total. The van der Waals surface area contributed by atoms with Crippen molar-refractivity contribution < 1.29 is 9.59 Å². The molecule has 0 radical (unpaired) electrons. The molecule has 0 saturated carbocycles. The van der Waals surface area contributed by atoms with Gasteiger partial charge in [0.2, 0.25) is 5.91 Å². The van der Waals surface area contributed by atoms with Gasteiger partial charge in [-0.05, 0) is 31.0 Å². The summed E-state index contributed by atoms with van der Waals surface area (Å²) in [5.41, 5.74) is 4.70. The van der Waals surface area contributed by atoms with Gasteiger partial charge >= 0.3 is 0 Å². The van der Waals surface area contributed by atoms with E-state index < -0.39 is 0 Å². The number of pyridine rings is 1. The van der Waals surface area contributed by atoms with E-state index in [4.69, 9.17) is 0 Å². The van der Waals surface area contributed by atoms with Crippen LogP contribution in [0.15, 0.2) is 60.0 Å². The van der Waals surface area contributed by atoms with E-state index in [0.29, 0.717) is 24.1 Å². The third-order valence-corrected chi connectivity index (χ3v) is 3.25. The van der Waals surface area contributed by atoms with Crippen molar-refractivity contribution in [3.63, 3.8) is 0 Å². The maximum absolute atomic E-state index is 12.0. The van der Waals surface area contributed by atoms with Crippen LogP contribution in [0, 0.1) is 0 Å². The lowest BCUT2D eigenvalue weighted by atomic mass is 10.1. The predicted molar refractivity (Wildman–Crippen MR) is 89.2 cm³/mol. The quantitative estimate of drug-likeness (QED) is 0.485. The van der Waals surface area contributed by atoms with Gasteiger partial charge < -0.3 is 0 Å². The molecule has 0 atom stereocenters. The molecule has 0 aliphatic heterocycles. The largest absolute Gasteiger partial charge is 0.294 e. The van der Waals surface area contributed by atoms with E-state index in [1.807, 2.05) is 30.3 Å². The number of hydrazone groups is 1. The summed E-state index contributed by atoms with van der Waals surface area (Å²) < 4.78 is 0. The van der Waals surface area contributed by atoms with Gasteiger partial charge in [-0.2, -0.15) is 5.10 Å². The van der Waals surface area contributed by atoms with E-state index in [1.165, 1.54) is 6.20 Å². The summed E-state index contributed by atoms with van der Waals surface area (Å²) in [5, 5.41) is 3.98. The molecule has 0 unspecified atom stereocenters. The standard InChI is InChI=1S/C18H19N3O2/c1-14(12-17(22)16-8-5-11-19-13-16)20-21-18(23)10-9-15-6-3-2-4-7-15/h2-8,11,13H,9-10,12H2,1H3,(H,21,23)/b20-14-. The molecule has 23 heavy (non-hydrogen) atoms. The maximum Gasteiger partial charge on any atom is 0.240 e. The van der Waals surface area contributed by atoms with Crippen LogP contribution in [0.2, 0.25) is 0 Å². The fourth-order valence-electron chi connectivity index (χ4n) is 2.02. The fraction of sp³-hybridized carbons (Fsp3) is 0.222. The van der Waals surface area contributed by atoms with Crippen LogP contribution in [0.5, 0.6) is 0 Å². The van der Waals surface area contributed by atoms with Gasteiger partial charge in [0, 0.05) is 30.1 Å². The molecule has 2 aromatic rings. The third-order valence-electron chi connectivity index (χ3n) is 3.25. The molecule has 118 valence electrons. The van der Waals surface area contributed by atoms with Crippen molar-refractivity contribution in [2.24, 2.45) is 5.10 Å². The zero-order valence-electron chi connectivity index (χ0n) is 13.0. The normalized spacial score (nSPS) is 11.1. The zero-order chi connectivity index (χ0) is 16.5. The molecular weight excluding hydrogens is 290 g/mol. The van der Waals surface area contributed by atoms with Crippen molar-refractivity contribution in [2.75, 3.05) is 0 Å². The van der Waals surface area contributed by atoms with Gasteiger partial charge in [0.15, 0.2) is 5.78 Å². The third kappa shape index (κ3) is 5.82. The lowest BCUT2D eigenvalue weighted by Gasteiger charge is -2.03. The van der Waals surface area contributed by atoms with Crippen molar-refractivity contribution in [1.82, 2.24) is 10.4 Å².